The highest BCUT2D eigenvalue weighted by molar-refractivity contribution is 7.81. The Balaban J connectivity index is 4.39. The van der Waals surface area contributed by atoms with E-state index >= 15 is 0 Å². The Morgan fingerprint density at radius 1 is 1.44 bits per heavy atom. The quantitative estimate of drug-likeness (QED) is 0.229. The van der Waals surface area contributed by atoms with Crippen molar-refractivity contribution < 1.29 is 4.79 Å². The van der Waals surface area contributed by atoms with Gasteiger partial charge in [0.25, 0.3) is 0 Å². The van der Waals surface area contributed by atoms with E-state index in [1.54, 1.807) is 6.92 Å². The van der Waals surface area contributed by atoms with Crippen molar-refractivity contribution in [3.8, 4) is 0 Å². The van der Waals surface area contributed by atoms with Gasteiger partial charge < -0.3 is 11.1 Å². The van der Waals surface area contributed by atoms with Crippen molar-refractivity contribution in [2.45, 2.75) is 50.9 Å². The number of likely N-dealkylation sites (N-methyl/N-ethyl adjacent to an activating group) is 1. The van der Waals surface area contributed by atoms with Gasteiger partial charge in [-0.25, -0.2) is 0 Å². The number of carbonyl (C=O) groups is 1. The van der Waals surface area contributed by atoms with Gasteiger partial charge in [0.05, 0.1) is 11.3 Å². The summed E-state index contributed by atoms with van der Waals surface area (Å²) in [5.41, 5.74) is 5.21. The fraction of sp³-hybridized carbons (Fsp3) is 0.833. The molecule has 0 aromatic heterocycles. The predicted molar refractivity (Wildman–Crippen MR) is 79.3 cm³/mol. The van der Waals surface area contributed by atoms with Crippen molar-refractivity contribution >= 4 is 24.4 Å². The molecule has 0 aromatic rings. The van der Waals surface area contributed by atoms with Gasteiger partial charge >= 0.3 is 0 Å². The molecule has 5 nitrogen and oxygen atoms in total. The number of Topliss-reactive ketones (excluding diaryl/α,β-unsaturated/α-hetero) is 1. The molecule has 6 heteroatoms. The molecule has 1 unspecified atom stereocenters. The second kappa shape index (κ2) is 8.37. The van der Waals surface area contributed by atoms with Crippen LogP contribution in [0.4, 0.5) is 0 Å². The first-order chi connectivity index (χ1) is 8.27. The summed E-state index contributed by atoms with van der Waals surface area (Å²) in [5, 5.41) is 9.56. The maximum atomic E-state index is 12.1. The lowest BCUT2D eigenvalue weighted by molar-refractivity contribution is -0.123. The number of rotatable bonds is 8. The number of nitrogens with zero attached hydrogens (tertiary/aromatic N) is 1. The van der Waals surface area contributed by atoms with Gasteiger partial charge in [0, 0.05) is 12.6 Å². The van der Waals surface area contributed by atoms with Crippen molar-refractivity contribution in [1.82, 2.24) is 10.2 Å². The fourth-order valence-corrected chi connectivity index (χ4v) is 1.88. The SMILES string of the molecule is CC(S)C(=O)[C@H](CCCNC(=N)N)N(C)C(C)C. The van der Waals surface area contributed by atoms with Crippen LogP contribution in [0.1, 0.15) is 33.6 Å². The molecule has 0 radical (unpaired) electrons. The third kappa shape index (κ3) is 6.26. The van der Waals surface area contributed by atoms with Crippen molar-refractivity contribution in [1.29, 1.82) is 5.41 Å². The van der Waals surface area contributed by atoms with Gasteiger partial charge in [-0.3, -0.25) is 15.1 Å². The molecule has 0 aliphatic rings. The summed E-state index contributed by atoms with van der Waals surface area (Å²) in [6.45, 7) is 6.56. The van der Waals surface area contributed by atoms with Gasteiger partial charge in [0.1, 0.15) is 0 Å². The van der Waals surface area contributed by atoms with Crippen LogP contribution in [0.5, 0.6) is 0 Å². The van der Waals surface area contributed by atoms with Crippen LogP contribution in [0.25, 0.3) is 0 Å². The molecule has 2 atom stereocenters. The summed E-state index contributed by atoms with van der Waals surface area (Å²) < 4.78 is 0. The van der Waals surface area contributed by atoms with Gasteiger partial charge in [0.15, 0.2) is 11.7 Å². The highest BCUT2D eigenvalue weighted by Gasteiger charge is 2.26. The second-order valence-electron chi connectivity index (χ2n) is 4.84. The third-order valence-electron chi connectivity index (χ3n) is 3.02. The van der Waals surface area contributed by atoms with E-state index < -0.39 is 0 Å². The van der Waals surface area contributed by atoms with E-state index in [2.05, 4.69) is 36.7 Å². The zero-order valence-electron chi connectivity index (χ0n) is 11.7. The maximum Gasteiger partial charge on any atom is 0.185 e. The Bertz CT molecular complexity index is 281. The Labute approximate surface area is 115 Å². The van der Waals surface area contributed by atoms with Crippen molar-refractivity contribution in [2.24, 2.45) is 5.73 Å². The summed E-state index contributed by atoms with van der Waals surface area (Å²) in [4.78, 5) is 14.2. The van der Waals surface area contributed by atoms with Gasteiger partial charge in [-0.1, -0.05) is 0 Å². The van der Waals surface area contributed by atoms with E-state index in [4.69, 9.17) is 11.1 Å². The van der Waals surface area contributed by atoms with Crippen LogP contribution in [-0.4, -0.2) is 47.6 Å². The molecule has 0 aliphatic heterocycles. The number of hydrogen-bond acceptors (Lipinski definition) is 4. The highest BCUT2D eigenvalue weighted by atomic mass is 32.1. The number of carbonyl (C=O) groups excluding carboxylic acids is 1. The van der Waals surface area contributed by atoms with E-state index in [0.717, 1.165) is 12.8 Å². The lowest BCUT2D eigenvalue weighted by atomic mass is 10.0. The summed E-state index contributed by atoms with van der Waals surface area (Å²) in [7, 11) is 1.96. The van der Waals surface area contributed by atoms with Crippen LogP contribution < -0.4 is 11.1 Å². The molecule has 0 heterocycles. The first-order valence-corrected chi connectivity index (χ1v) is 6.80. The summed E-state index contributed by atoms with van der Waals surface area (Å²) in [6, 6.07) is 0.193. The summed E-state index contributed by atoms with van der Waals surface area (Å²) in [6.07, 6.45) is 1.55. The molecule has 0 amide bonds. The number of ketones is 1. The molecule has 106 valence electrons. The Morgan fingerprint density at radius 3 is 2.39 bits per heavy atom. The molecule has 18 heavy (non-hydrogen) atoms. The minimum absolute atomic E-state index is 0.0300. The molecule has 4 N–H and O–H groups in total. The molecule has 0 aliphatic carbocycles. The Hall–Kier alpha value is -0.750. The molecule has 0 fully saturated rings. The van der Waals surface area contributed by atoms with Gasteiger partial charge in [-0.05, 0) is 40.7 Å². The van der Waals surface area contributed by atoms with Crippen LogP contribution in [0.3, 0.4) is 0 Å². The number of guanidine groups is 1. The number of hydrogen-bond donors (Lipinski definition) is 4. The van der Waals surface area contributed by atoms with Crippen molar-refractivity contribution in [3.05, 3.63) is 0 Å². The van der Waals surface area contributed by atoms with Gasteiger partial charge in [0.2, 0.25) is 0 Å². The molecule has 0 saturated carbocycles. The first-order valence-electron chi connectivity index (χ1n) is 6.29. The second-order valence-corrected chi connectivity index (χ2v) is 5.61. The highest BCUT2D eigenvalue weighted by Crippen LogP contribution is 2.13. The molecule has 0 rings (SSSR count). The minimum Gasteiger partial charge on any atom is -0.370 e. The van der Waals surface area contributed by atoms with Crippen LogP contribution in [0, 0.1) is 5.41 Å². The maximum absolute atomic E-state index is 12.1. The zero-order chi connectivity index (χ0) is 14.3. The number of nitrogens with one attached hydrogen (secondary N) is 2. The van der Waals surface area contributed by atoms with E-state index in [9.17, 15) is 4.79 Å². The lowest BCUT2D eigenvalue weighted by Crippen LogP contribution is -2.45. The zero-order valence-corrected chi connectivity index (χ0v) is 12.6. The molecular formula is C12H26N4OS. The average Bonchev–Trinajstić information content (AvgIpc) is 2.26. The van der Waals surface area contributed by atoms with Crippen LogP contribution >= 0.6 is 12.6 Å². The molecule has 0 spiro atoms. The monoisotopic (exact) mass is 274 g/mol. The summed E-state index contributed by atoms with van der Waals surface area (Å²) >= 11 is 4.23. The smallest absolute Gasteiger partial charge is 0.185 e. The van der Waals surface area contributed by atoms with Gasteiger partial charge in [-0.15, -0.1) is 0 Å². The van der Waals surface area contributed by atoms with E-state index in [1.807, 2.05) is 7.05 Å². The van der Waals surface area contributed by atoms with Crippen molar-refractivity contribution in [3.63, 3.8) is 0 Å². The van der Waals surface area contributed by atoms with Crippen LogP contribution in [0.2, 0.25) is 0 Å². The summed E-state index contributed by atoms with van der Waals surface area (Å²) in [5.74, 6) is 0.120. The van der Waals surface area contributed by atoms with Crippen LogP contribution in [0.15, 0.2) is 0 Å². The van der Waals surface area contributed by atoms with Gasteiger partial charge in [-0.2, -0.15) is 12.6 Å². The first kappa shape index (κ1) is 17.2. The Morgan fingerprint density at radius 2 is 2.00 bits per heavy atom. The lowest BCUT2D eigenvalue weighted by Gasteiger charge is -2.31. The third-order valence-corrected chi connectivity index (χ3v) is 3.27. The van der Waals surface area contributed by atoms with Crippen molar-refractivity contribution in [2.75, 3.05) is 13.6 Å². The fourth-order valence-electron chi connectivity index (χ4n) is 1.70. The van der Waals surface area contributed by atoms with E-state index in [1.165, 1.54) is 0 Å². The number of nitrogens with two attached hydrogens (primary N) is 1. The topological polar surface area (TPSA) is 82.2 Å². The Kier molecular flexibility index (Phi) is 8.02. The van der Waals surface area contributed by atoms with E-state index in [-0.39, 0.29) is 23.0 Å². The van der Waals surface area contributed by atoms with E-state index in [0.29, 0.717) is 12.6 Å². The largest absolute Gasteiger partial charge is 0.370 e. The molecule has 0 saturated heterocycles. The minimum atomic E-state index is -0.253. The molecule has 0 aromatic carbocycles. The normalized spacial score (nSPS) is 14.6. The number of thiol groups is 1. The average molecular weight is 274 g/mol. The molecular weight excluding hydrogens is 248 g/mol. The molecule has 0 bridgehead atoms. The standard InChI is InChI=1S/C12H26N4OS/c1-8(2)16(4)10(11(17)9(3)18)6-5-7-15-12(13)14/h8-10,18H,5-7H2,1-4H3,(H4,13,14,15)/t9?,10-/m0/s1. The van der Waals surface area contributed by atoms with Crippen LogP contribution in [-0.2, 0) is 4.79 Å². The predicted octanol–water partition coefficient (Wildman–Crippen LogP) is 0.846.